The molecule has 0 bridgehead atoms. The van der Waals surface area contributed by atoms with Crippen LogP contribution in [0, 0.1) is 0 Å². The van der Waals surface area contributed by atoms with Gasteiger partial charge in [0, 0.05) is 29.8 Å². The number of benzene rings is 1. The molecule has 0 spiro atoms. The zero-order chi connectivity index (χ0) is 15.0. The number of hydrogen-bond acceptors (Lipinski definition) is 3. The van der Waals surface area contributed by atoms with Crippen LogP contribution in [0.1, 0.15) is 43.5 Å². The number of hydrogen-bond donors (Lipinski definition) is 0. The van der Waals surface area contributed by atoms with Crippen molar-refractivity contribution in [2.45, 2.75) is 33.1 Å². The van der Waals surface area contributed by atoms with Crippen molar-refractivity contribution in [2.75, 3.05) is 0 Å². The van der Waals surface area contributed by atoms with Crippen LogP contribution in [0.25, 0.3) is 0 Å². The largest absolute Gasteiger partial charge is 0.423 e. The van der Waals surface area contributed by atoms with Gasteiger partial charge in [-0.2, -0.15) is 0 Å². The van der Waals surface area contributed by atoms with E-state index in [-0.39, 0.29) is 18.2 Å². The van der Waals surface area contributed by atoms with E-state index < -0.39 is 0 Å². The van der Waals surface area contributed by atoms with Gasteiger partial charge < -0.3 is 4.74 Å². The number of ketones is 1. The molecule has 0 aromatic heterocycles. The third kappa shape index (κ3) is 6.50. The van der Waals surface area contributed by atoms with Gasteiger partial charge in [-0.05, 0) is 29.3 Å². The van der Waals surface area contributed by atoms with Crippen LogP contribution < -0.4 is 0 Å². The van der Waals surface area contributed by atoms with Crippen LogP contribution in [-0.4, -0.2) is 11.8 Å². The van der Waals surface area contributed by atoms with Crippen molar-refractivity contribution < 1.29 is 14.3 Å². The Morgan fingerprint density at radius 2 is 1.80 bits per heavy atom. The van der Waals surface area contributed by atoms with Crippen LogP contribution in [0.15, 0.2) is 46.3 Å². The van der Waals surface area contributed by atoms with Crippen molar-refractivity contribution in [1.29, 1.82) is 0 Å². The third-order valence-electron chi connectivity index (χ3n) is 2.50. The Morgan fingerprint density at radius 3 is 2.40 bits per heavy atom. The van der Waals surface area contributed by atoms with Crippen LogP contribution in [0.2, 0.25) is 0 Å². The zero-order valence-corrected chi connectivity index (χ0v) is 13.2. The van der Waals surface area contributed by atoms with E-state index in [2.05, 4.69) is 21.7 Å². The highest BCUT2D eigenvalue weighted by Crippen LogP contribution is 2.09. The van der Waals surface area contributed by atoms with Crippen LogP contribution in [0.5, 0.6) is 0 Å². The van der Waals surface area contributed by atoms with Crippen LogP contribution in [-0.2, 0) is 9.53 Å². The number of halogens is 1. The van der Waals surface area contributed by atoms with Crippen LogP contribution in [0.3, 0.4) is 0 Å². The molecule has 0 radical (unpaired) electrons. The standard InChI is InChI=1S/C16H17BrO3/c1-12(17)11-13(2)20-16(19)10-6-9-15(18)14-7-4-3-5-8-14/h3-5,7-8H,6,9-10H2,1-2H3. The Hall–Kier alpha value is -1.64. The summed E-state index contributed by atoms with van der Waals surface area (Å²) in [7, 11) is 0. The lowest BCUT2D eigenvalue weighted by molar-refractivity contribution is -0.139. The summed E-state index contributed by atoms with van der Waals surface area (Å²) in [6, 6.07) is 9.06. The Balaban J connectivity index is 2.36. The summed E-state index contributed by atoms with van der Waals surface area (Å²) < 4.78 is 5.82. The number of ether oxygens (including phenoxy) is 1. The van der Waals surface area contributed by atoms with E-state index in [0.717, 1.165) is 4.48 Å². The quantitative estimate of drug-likeness (QED) is 0.335. The molecule has 0 aliphatic rings. The van der Waals surface area contributed by atoms with E-state index in [4.69, 9.17) is 4.74 Å². The van der Waals surface area contributed by atoms with Gasteiger partial charge in [-0.25, -0.2) is 0 Å². The normalized spacial score (nSPS) is 9.55. The summed E-state index contributed by atoms with van der Waals surface area (Å²) in [4.78, 5) is 23.3. The average Bonchev–Trinajstić information content (AvgIpc) is 2.38. The highest BCUT2D eigenvalue weighted by atomic mass is 79.9. The number of rotatable bonds is 6. The Morgan fingerprint density at radius 1 is 1.15 bits per heavy atom. The van der Waals surface area contributed by atoms with E-state index in [0.29, 0.717) is 24.2 Å². The van der Waals surface area contributed by atoms with Gasteiger partial charge in [-0.3, -0.25) is 9.59 Å². The molecule has 106 valence electrons. The highest BCUT2D eigenvalue weighted by molar-refractivity contribution is 9.11. The fourth-order valence-corrected chi connectivity index (χ4v) is 1.93. The average molecular weight is 337 g/mol. The van der Waals surface area contributed by atoms with Gasteiger partial charge in [0.15, 0.2) is 5.78 Å². The summed E-state index contributed by atoms with van der Waals surface area (Å²) in [5, 5.41) is 0. The van der Waals surface area contributed by atoms with Crippen molar-refractivity contribution in [3.8, 4) is 0 Å². The van der Waals surface area contributed by atoms with Gasteiger partial charge in [0.25, 0.3) is 0 Å². The van der Waals surface area contributed by atoms with Crippen molar-refractivity contribution in [1.82, 2.24) is 0 Å². The fourth-order valence-electron chi connectivity index (χ4n) is 1.65. The van der Waals surface area contributed by atoms with Crippen molar-refractivity contribution >= 4 is 27.7 Å². The lowest BCUT2D eigenvalue weighted by Crippen LogP contribution is -2.05. The molecule has 0 aliphatic heterocycles. The summed E-state index contributed by atoms with van der Waals surface area (Å²) in [6.07, 6.45) is 1.05. The molecule has 1 rings (SSSR count). The molecule has 0 aliphatic carbocycles. The predicted octanol–water partition coefficient (Wildman–Crippen LogP) is 4.38. The summed E-state index contributed by atoms with van der Waals surface area (Å²) in [6.45, 7) is 3.47. The molecular weight excluding hydrogens is 320 g/mol. The predicted molar refractivity (Wildman–Crippen MR) is 81.5 cm³/mol. The SMILES string of the molecule is CC(Br)=C=C(C)OC(=O)CCCC(=O)c1ccccc1. The molecule has 0 saturated heterocycles. The van der Waals surface area contributed by atoms with Crippen molar-refractivity contribution in [2.24, 2.45) is 0 Å². The molecule has 0 fully saturated rings. The molecule has 0 unspecified atom stereocenters. The van der Waals surface area contributed by atoms with E-state index in [1.54, 1.807) is 26.0 Å². The monoisotopic (exact) mass is 336 g/mol. The number of Topliss-reactive ketones (excluding diaryl/α,β-unsaturated/α-hetero) is 1. The van der Waals surface area contributed by atoms with E-state index >= 15 is 0 Å². The Labute approximate surface area is 127 Å². The van der Waals surface area contributed by atoms with Gasteiger partial charge in [-0.1, -0.05) is 36.1 Å². The van der Waals surface area contributed by atoms with Gasteiger partial charge in [0.2, 0.25) is 0 Å². The minimum absolute atomic E-state index is 0.0434. The molecule has 3 nitrogen and oxygen atoms in total. The Bertz CT molecular complexity index is 536. The second-order valence-electron chi connectivity index (χ2n) is 4.33. The third-order valence-corrected chi connectivity index (χ3v) is 2.69. The van der Waals surface area contributed by atoms with Gasteiger partial charge in [-0.15, -0.1) is 0 Å². The number of allylic oxidation sites excluding steroid dienone is 1. The van der Waals surface area contributed by atoms with Crippen LogP contribution in [0.4, 0.5) is 0 Å². The summed E-state index contributed by atoms with van der Waals surface area (Å²) in [5.74, 6) is 0.116. The summed E-state index contributed by atoms with van der Waals surface area (Å²) in [5.41, 5.74) is 3.51. The maximum Gasteiger partial charge on any atom is 0.311 e. The first kappa shape index (κ1) is 16.4. The molecule has 1 aromatic carbocycles. The highest BCUT2D eigenvalue weighted by Gasteiger charge is 2.08. The van der Waals surface area contributed by atoms with Crippen LogP contribution >= 0.6 is 15.9 Å². The maximum absolute atomic E-state index is 11.8. The first-order chi connectivity index (χ1) is 9.49. The zero-order valence-electron chi connectivity index (χ0n) is 11.6. The van der Waals surface area contributed by atoms with Gasteiger partial charge in [0.1, 0.15) is 5.76 Å². The molecule has 20 heavy (non-hydrogen) atoms. The molecule has 4 heteroatoms. The van der Waals surface area contributed by atoms with Crippen molar-refractivity contribution in [3.63, 3.8) is 0 Å². The topological polar surface area (TPSA) is 43.4 Å². The van der Waals surface area contributed by atoms with Crippen molar-refractivity contribution in [3.05, 3.63) is 51.9 Å². The number of esters is 1. The first-order valence-electron chi connectivity index (χ1n) is 6.37. The molecule has 0 N–H and O–H groups in total. The van der Waals surface area contributed by atoms with Gasteiger partial charge >= 0.3 is 5.97 Å². The first-order valence-corrected chi connectivity index (χ1v) is 7.17. The second kappa shape index (κ2) is 8.51. The van der Waals surface area contributed by atoms with E-state index in [1.807, 2.05) is 18.2 Å². The second-order valence-corrected chi connectivity index (χ2v) is 5.52. The molecule has 1 aromatic rings. The molecule has 0 heterocycles. The number of carbonyl (C=O) groups excluding carboxylic acids is 2. The molecule has 0 atom stereocenters. The Kier molecular flexibility index (Phi) is 6.99. The van der Waals surface area contributed by atoms with Gasteiger partial charge in [0.05, 0.1) is 0 Å². The lowest BCUT2D eigenvalue weighted by Gasteiger charge is -2.03. The van der Waals surface area contributed by atoms with E-state index in [9.17, 15) is 9.59 Å². The minimum atomic E-state index is -0.343. The maximum atomic E-state index is 11.8. The molecule has 0 saturated carbocycles. The fraction of sp³-hybridized carbons (Fsp3) is 0.312. The minimum Gasteiger partial charge on any atom is -0.423 e. The molecular formula is C16H17BrO3. The number of carbonyl (C=O) groups is 2. The molecule has 0 amide bonds. The lowest BCUT2D eigenvalue weighted by atomic mass is 10.1. The van der Waals surface area contributed by atoms with E-state index in [1.165, 1.54) is 0 Å². The summed E-state index contributed by atoms with van der Waals surface area (Å²) >= 11 is 3.21. The smallest absolute Gasteiger partial charge is 0.311 e.